The lowest BCUT2D eigenvalue weighted by Crippen LogP contribution is -1.91. The Hall–Kier alpha value is -2.93. The summed E-state index contributed by atoms with van der Waals surface area (Å²) < 4.78 is 5.53. The van der Waals surface area contributed by atoms with E-state index in [1.54, 1.807) is 6.20 Å². The molecular weight excluding hydrogens is 298 g/mol. The Morgan fingerprint density at radius 3 is 2.79 bits per heavy atom. The number of benzene rings is 1. The van der Waals surface area contributed by atoms with Crippen LogP contribution >= 0.6 is 0 Å². The highest BCUT2D eigenvalue weighted by atomic mass is 16.5. The third-order valence-corrected chi connectivity index (χ3v) is 4.58. The molecule has 2 unspecified atom stereocenters. The first-order chi connectivity index (χ1) is 11.8. The number of aromatic nitrogens is 3. The van der Waals surface area contributed by atoms with Gasteiger partial charge in [0.15, 0.2) is 0 Å². The largest absolute Gasteiger partial charge is 0.339 e. The highest BCUT2D eigenvalue weighted by Gasteiger charge is 2.43. The third-order valence-electron chi connectivity index (χ3n) is 4.58. The summed E-state index contributed by atoms with van der Waals surface area (Å²) in [5.74, 6) is 4.75. The molecule has 4 nitrogen and oxygen atoms in total. The lowest BCUT2D eigenvalue weighted by molar-refractivity contribution is 0.378. The summed E-state index contributed by atoms with van der Waals surface area (Å²) in [5.41, 5.74) is 4.30. The number of pyridine rings is 1. The first-order valence-corrected chi connectivity index (χ1v) is 8.13. The Labute approximate surface area is 140 Å². The van der Waals surface area contributed by atoms with Gasteiger partial charge in [-0.05, 0) is 48.1 Å². The molecule has 0 saturated heterocycles. The molecule has 4 rings (SSSR count). The Bertz CT molecular complexity index is 905. The standard InChI is InChI=1S/C20H17N3O/c1-3-13-5-7-15(8-6-13)17-11-18(17)20-22-19(23-24-20)16-9-10-21-12-14(16)4-2/h1,5-10,12,17-18H,4,11H2,2H3. The van der Waals surface area contributed by atoms with E-state index in [0.29, 0.717) is 17.7 Å². The van der Waals surface area contributed by atoms with Crippen molar-refractivity contribution in [2.75, 3.05) is 0 Å². The monoisotopic (exact) mass is 315 g/mol. The van der Waals surface area contributed by atoms with Gasteiger partial charge < -0.3 is 4.52 Å². The van der Waals surface area contributed by atoms with Crippen molar-refractivity contribution in [1.29, 1.82) is 0 Å². The fraction of sp³-hybridized carbons (Fsp3) is 0.250. The molecule has 0 radical (unpaired) electrons. The van der Waals surface area contributed by atoms with Crippen LogP contribution in [0.2, 0.25) is 0 Å². The van der Waals surface area contributed by atoms with Crippen LogP contribution in [0.3, 0.4) is 0 Å². The van der Waals surface area contributed by atoms with Crippen LogP contribution in [0.15, 0.2) is 47.2 Å². The number of rotatable bonds is 4. The van der Waals surface area contributed by atoms with Crippen LogP contribution < -0.4 is 0 Å². The minimum atomic E-state index is 0.301. The van der Waals surface area contributed by atoms with Gasteiger partial charge in [-0.1, -0.05) is 30.1 Å². The average molecular weight is 315 g/mol. The normalized spacial score (nSPS) is 19.0. The summed E-state index contributed by atoms with van der Waals surface area (Å²) in [7, 11) is 0. The molecule has 1 saturated carbocycles. The zero-order valence-corrected chi connectivity index (χ0v) is 13.4. The summed E-state index contributed by atoms with van der Waals surface area (Å²) in [4.78, 5) is 8.78. The van der Waals surface area contributed by atoms with Crippen molar-refractivity contribution in [1.82, 2.24) is 15.1 Å². The Kier molecular flexibility index (Phi) is 3.62. The maximum absolute atomic E-state index is 5.53. The van der Waals surface area contributed by atoms with Gasteiger partial charge in [0.05, 0.1) is 0 Å². The van der Waals surface area contributed by atoms with Crippen LogP contribution in [-0.4, -0.2) is 15.1 Å². The minimum absolute atomic E-state index is 0.301. The van der Waals surface area contributed by atoms with Gasteiger partial charge in [-0.15, -0.1) is 6.42 Å². The molecule has 0 N–H and O–H groups in total. The third kappa shape index (κ3) is 2.59. The lowest BCUT2D eigenvalue weighted by Gasteiger charge is -2.01. The van der Waals surface area contributed by atoms with Gasteiger partial charge >= 0.3 is 0 Å². The predicted octanol–water partition coefficient (Wildman–Crippen LogP) is 3.95. The van der Waals surface area contributed by atoms with Crippen LogP contribution in [0.25, 0.3) is 11.4 Å². The van der Waals surface area contributed by atoms with E-state index in [1.807, 2.05) is 24.4 Å². The lowest BCUT2D eigenvalue weighted by atomic mass is 10.1. The second kappa shape index (κ2) is 5.93. The fourth-order valence-electron chi connectivity index (χ4n) is 3.09. The van der Waals surface area contributed by atoms with Crippen LogP contribution in [-0.2, 0) is 6.42 Å². The molecule has 1 aliphatic rings. The quantitative estimate of drug-likeness (QED) is 0.684. The van der Waals surface area contributed by atoms with Gasteiger partial charge in [-0.2, -0.15) is 4.98 Å². The first-order valence-electron chi connectivity index (χ1n) is 8.13. The van der Waals surface area contributed by atoms with Crippen LogP contribution in [0.5, 0.6) is 0 Å². The maximum Gasteiger partial charge on any atom is 0.230 e. The molecule has 24 heavy (non-hydrogen) atoms. The average Bonchev–Trinajstić information content (AvgIpc) is 3.30. The zero-order chi connectivity index (χ0) is 16.5. The van der Waals surface area contributed by atoms with E-state index >= 15 is 0 Å². The molecule has 2 aromatic heterocycles. The molecule has 4 heteroatoms. The number of hydrogen-bond acceptors (Lipinski definition) is 4. The zero-order valence-electron chi connectivity index (χ0n) is 13.4. The second-order valence-corrected chi connectivity index (χ2v) is 6.06. The number of aryl methyl sites for hydroxylation is 1. The van der Waals surface area contributed by atoms with Gasteiger partial charge in [-0.25, -0.2) is 0 Å². The van der Waals surface area contributed by atoms with Gasteiger partial charge in [0.25, 0.3) is 0 Å². The van der Waals surface area contributed by atoms with E-state index in [0.717, 1.165) is 35.4 Å². The fourth-order valence-corrected chi connectivity index (χ4v) is 3.09. The number of nitrogens with zero attached hydrogens (tertiary/aromatic N) is 3. The topological polar surface area (TPSA) is 51.8 Å². The van der Waals surface area contributed by atoms with E-state index < -0.39 is 0 Å². The number of terminal acetylenes is 1. The highest BCUT2D eigenvalue weighted by molar-refractivity contribution is 5.58. The van der Waals surface area contributed by atoms with Gasteiger partial charge in [0.1, 0.15) is 0 Å². The maximum atomic E-state index is 5.53. The van der Waals surface area contributed by atoms with Gasteiger partial charge in [-0.3, -0.25) is 4.98 Å². The molecule has 0 spiro atoms. The van der Waals surface area contributed by atoms with Crippen molar-refractivity contribution in [2.45, 2.75) is 31.6 Å². The van der Waals surface area contributed by atoms with Crippen LogP contribution in [0.1, 0.15) is 47.8 Å². The summed E-state index contributed by atoms with van der Waals surface area (Å²) in [5, 5.41) is 4.17. The summed E-state index contributed by atoms with van der Waals surface area (Å²) in [6, 6.07) is 10.1. The van der Waals surface area contributed by atoms with Crippen molar-refractivity contribution in [3.05, 3.63) is 65.3 Å². The molecule has 0 amide bonds. The summed E-state index contributed by atoms with van der Waals surface area (Å²) in [6.45, 7) is 2.10. The Balaban J connectivity index is 1.55. The van der Waals surface area contributed by atoms with E-state index in [-0.39, 0.29) is 0 Å². The summed E-state index contributed by atoms with van der Waals surface area (Å²) in [6.07, 6.45) is 11.0. The number of hydrogen-bond donors (Lipinski definition) is 0. The molecule has 1 fully saturated rings. The smallest absolute Gasteiger partial charge is 0.230 e. The summed E-state index contributed by atoms with van der Waals surface area (Å²) >= 11 is 0. The molecule has 2 atom stereocenters. The van der Waals surface area contributed by atoms with E-state index in [2.05, 4.69) is 40.1 Å². The van der Waals surface area contributed by atoms with Crippen LogP contribution in [0, 0.1) is 12.3 Å². The predicted molar refractivity (Wildman–Crippen MR) is 91.4 cm³/mol. The molecule has 1 aliphatic carbocycles. The molecular formula is C20H17N3O. The molecule has 3 aromatic rings. The van der Waals surface area contributed by atoms with Crippen LogP contribution in [0.4, 0.5) is 0 Å². The van der Waals surface area contributed by atoms with Crippen molar-refractivity contribution in [2.24, 2.45) is 0 Å². The van der Waals surface area contributed by atoms with Crippen molar-refractivity contribution in [3.8, 4) is 23.7 Å². The molecule has 0 aliphatic heterocycles. The van der Waals surface area contributed by atoms with Gasteiger partial charge in [0, 0.05) is 29.4 Å². The van der Waals surface area contributed by atoms with E-state index in [1.165, 1.54) is 5.56 Å². The molecule has 2 heterocycles. The Morgan fingerprint density at radius 2 is 2.04 bits per heavy atom. The first kappa shape index (κ1) is 14.6. The molecule has 0 bridgehead atoms. The highest BCUT2D eigenvalue weighted by Crippen LogP contribution is 2.54. The molecule has 118 valence electrons. The SMILES string of the molecule is C#Cc1ccc(C2CC2c2nc(-c3ccncc3CC)no2)cc1. The van der Waals surface area contributed by atoms with E-state index in [4.69, 9.17) is 10.9 Å². The van der Waals surface area contributed by atoms with Crippen molar-refractivity contribution in [3.63, 3.8) is 0 Å². The second-order valence-electron chi connectivity index (χ2n) is 6.06. The van der Waals surface area contributed by atoms with Crippen molar-refractivity contribution < 1.29 is 4.52 Å². The van der Waals surface area contributed by atoms with Gasteiger partial charge in [0.2, 0.25) is 11.7 Å². The molecule has 1 aromatic carbocycles. The van der Waals surface area contributed by atoms with E-state index in [9.17, 15) is 0 Å². The minimum Gasteiger partial charge on any atom is -0.339 e. The Morgan fingerprint density at radius 1 is 1.21 bits per heavy atom. The van der Waals surface area contributed by atoms with Crippen molar-refractivity contribution >= 4 is 0 Å².